The lowest BCUT2D eigenvalue weighted by Crippen LogP contribution is -2.41. The van der Waals surface area contributed by atoms with Crippen LogP contribution in [0.5, 0.6) is 5.75 Å². The van der Waals surface area contributed by atoms with E-state index in [1.807, 2.05) is 54.6 Å². The minimum Gasteiger partial charge on any atom is -0.487 e. The van der Waals surface area contributed by atoms with Crippen LogP contribution < -0.4 is 15.4 Å². The number of rotatable bonds is 8. The van der Waals surface area contributed by atoms with E-state index in [9.17, 15) is 4.39 Å². The van der Waals surface area contributed by atoms with Gasteiger partial charge in [0.15, 0.2) is 5.96 Å². The highest BCUT2D eigenvalue weighted by Gasteiger charge is 2.45. The Morgan fingerprint density at radius 3 is 2.48 bits per heavy atom. The van der Waals surface area contributed by atoms with Gasteiger partial charge in [0.2, 0.25) is 0 Å². The number of aliphatic imine (C=N–C) groups is 1. The molecule has 31 heavy (non-hydrogen) atoms. The monoisotopic (exact) mass is 418 g/mol. The highest BCUT2D eigenvalue weighted by atomic mass is 19.1. The molecule has 160 valence electrons. The molecule has 1 fully saturated rings. The van der Waals surface area contributed by atoms with Crippen LogP contribution in [0, 0.1) is 5.82 Å². The Balaban J connectivity index is 1.26. The quantitative estimate of drug-likeness (QED) is 0.425. The van der Waals surface area contributed by atoms with E-state index in [0.29, 0.717) is 25.7 Å². The molecular weight excluding hydrogens is 391 g/mol. The van der Waals surface area contributed by atoms with E-state index in [1.54, 1.807) is 19.3 Å². The number of halogens is 1. The number of nitrogens with one attached hydrogen (secondary N) is 2. The lowest BCUT2D eigenvalue weighted by molar-refractivity contribution is 0.301. The first-order valence-electron chi connectivity index (χ1n) is 10.5. The Kier molecular flexibility index (Phi) is 6.46. The molecular formula is C25H27FN4O. The van der Waals surface area contributed by atoms with E-state index < -0.39 is 0 Å². The van der Waals surface area contributed by atoms with Crippen molar-refractivity contribution in [3.8, 4) is 5.75 Å². The maximum atomic E-state index is 14.2. The van der Waals surface area contributed by atoms with Gasteiger partial charge >= 0.3 is 0 Å². The first-order valence-corrected chi connectivity index (χ1v) is 10.5. The largest absolute Gasteiger partial charge is 0.487 e. The van der Waals surface area contributed by atoms with Gasteiger partial charge in [0, 0.05) is 31.7 Å². The highest BCUT2D eigenvalue weighted by Crippen LogP contribution is 2.48. The minimum atomic E-state index is -0.130. The Morgan fingerprint density at radius 2 is 1.81 bits per heavy atom. The van der Waals surface area contributed by atoms with Gasteiger partial charge in [-0.05, 0) is 54.3 Å². The van der Waals surface area contributed by atoms with E-state index in [-0.39, 0.29) is 11.2 Å². The van der Waals surface area contributed by atoms with Gasteiger partial charge in [-0.25, -0.2) is 4.39 Å². The summed E-state index contributed by atoms with van der Waals surface area (Å²) in [5.41, 5.74) is 2.67. The van der Waals surface area contributed by atoms with Crippen LogP contribution in [-0.4, -0.2) is 24.5 Å². The van der Waals surface area contributed by atoms with Gasteiger partial charge in [0.1, 0.15) is 18.2 Å². The molecule has 5 nitrogen and oxygen atoms in total. The topological polar surface area (TPSA) is 58.5 Å². The van der Waals surface area contributed by atoms with Crippen LogP contribution in [-0.2, 0) is 18.6 Å². The van der Waals surface area contributed by atoms with Gasteiger partial charge in [0.05, 0.1) is 5.69 Å². The third-order valence-electron chi connectivity index (χ3n) is 5.61. The fourth-order valence-electron chi connectivity index (χ4n) is 3.59. The zero-order valence-corrected chi connectivity index (χ0v) is 17.6. The third-order valence-corrected chi connectivity index (χ3v) is 5.61. The summed E-state index contributed by atoms with van der Waals surface area (Å²) in [6.07, 6.45) is 3.73. The fourth-order valence-corrected chi connectivity index (χ4v) is 3.59. The SMILES string of the molecule is CN=C(NCc1ccc(OCc2ccccn2)cc1)NCC1(c2ccccc2F)CC1. The molecule has 0 atom stereocenters. The number of pyridine rings is 1. The summed E-state index contributed by atoms with van der Waals surface area (Å²) in [6.45, 7) is 1.74. The van der Waals surface area contributed by atoms with Crippen LogP contribution in [0.15, 0.2) is 77.9 Å². The first kappa shape index (κ1) is 20.8. The molecule has 0 radical (unpaired) electrons. The maximum absolute atomic E-state index is 14.2. The molecule has 6 heteroatoms. The Labute approximate surface area is 182 Å². The van der Waals surface area contributed by atoms with Crippen molar-refractivity contribution in [3.63, 3.8) is 0 Å². The third kappa shape index (κ3) is 5.40. The Morgan fingerprint density at radius 1 is 1.03 bits per heavy atom. The molecule has 0 bridgehead atoms. The van der Waals surface area contributed by atoms with Crippen LogP contribution in [0.2, 0.25) is 0 Å². The second-order valence-corrected chi connectivity index (χ2v) is 7.79. The van der Waals surface area contributed by atoms with Crippen molar-refractivity contribution in [3.05, 3.63) is 95.6 Å². The summed E-state index contributed by atoms with van der Waals surface area (Å²) in [5, 5.41) is 6.68. The molecule has 1 heterocycles. The molecule has 1 aliphatic carbocycles. The van der Waals surface area contributed by atoms with Gasteiger partial charge in [0.25, 0.3) is 0 Å². The van der Waals surface area contributed by atoms with E-state index >= 15 is 0 Å². The smallest absolute Gasteiger partial charge is 0.191 e. The van der Waals surface area contributed by atoms with Crippen molar-refractivity contribution in [2.45, 2.75) is 31.4 Å². The summed E-state index contributed by atoms with van der Waals surface area (Å²) in [6, 6.07) is 20.8. The van der Waals surface area contributed by atoms with Gasteiger partial charge < -0.3 is 15.4 Å². The summed E-state index contributed by atoms with van der Waals surface area (Å²) in [7, 11) is 1.74. The fraction of sp³-hybridized carbons (Fsp3) is 0.280. The standard InChI is InChI=1S/C25H27FN4O/c1-27-24(30-18-25(13-14-25)22-7-2-3-8-23(22)26)29-16-19-9-11-21(12-10-19)31-17-20-6-4-5-15-28-20/h2-12,15H,13-14,16-18H2,1H3,(H2,27,29,30). The molecule has 3 aromatic rings. The van der Waals surface area contributed by atoms with Gasteiger partial charge in [-0.1, -0.05) is 36.4 Å². The van der Waals surface area contributed by atoms with Crippen molar-refractivity contribution in [1.82, 2.24) is 15.6 Å². The first-order chi connectivity index (χ1) is 15.2. The van der Waals surface area contributed by atoms with Crippen molar-refractivity contribution in [1.29, 1.82) is 0 Å². The highest BCUT2D eigenvalue weighted by molar-refractivity contribution is 5.79. The molecule has 1 saturated carbocycles. The van der Waals surface area contributed by atoms with Crippen LogP contribution >= 0.6 is 0 Å². The number of hydrogen-bond donors (Lipinski definition) is 2. The number of hydrogen-bond acceptors (Lipinski definition) is 3. The minimum absolute atomic E-state index is 0.129. The van der Waals surface area contributed by atoms with Crippen LogP contribution in [0.4, 0.5) is 4.39 Å². The van der Waals surface area contributed by atoms with Gasteiger partial charge in [-0.15, -0.1) is 0 Å². The molecule has 2 aromatic carbocycles. The number of nitrogens with zero attached hydrogens (tertiary/aromatic N) is 2. The van der Waals surface area contributed by atoms with Crippen LogP contribution in [0.25, 0.3) is 0 Å². The average molecular weight is 419 g/mol. The number of guanidine groups is 1. The Hall–Kier alpha value is -3.41. The van der Waals surface area contributed by atoms with Crippen LogP contribution in [0.1, 0.15) is 29.7 Å². The maximum Gasteiger partial charge on any atom is 0.191 e. The summed E-state index contributed by atoms with van der Waals surface area (Å²) < 4.78 is 20.0. The van der Waals surface area contributed by atoms with E-state index in [1.165, 1.54) is 6.07 Å². The molecule has 1 aliphatic rings. The van der Waals surface area contributed by atoms with Crippen LogP contribution in [0.3, 0.4) is 0 Å². The number of ether oxygens (including phenoxy) is 1. The van der Waals surface area contributed by atoms with Crippen molar-refractivity contribution in [2.75, 3.05) is 13.6 Å². The van der Waals surface area contributed by atoms with Gasteiger partial charge in [-0.3, -0.25) is 9.98 Å². The predicted octanol–water partition coefficient (Wildman–Crippen LogP) is 4.20. The number of benzene rings is 2. The molecule has 0 aliphatic heterocycles. The second-order valence-electron chi connectivity index (χ2n) is 7.79. The Bertz CT molecular complexity index is 1020. The second kappa shape index (κ2) is 9.60. The number of aromatic nitrogens is 1. The van der Waals surface area contributed by atoms with Gasteiger partial charge in [-0.2, -0.15) is 0 Å². The van der Waals surface area contributed by atoms with Crippen molar-refractivity contribution < 1.29 is 9.13 Å². The molecule has 4 rings (SSSR count). The molecule has 0 spiro atoms. The molecule has 0 saturated heterocycles. The van der Waals surface area contributed by atoms with E-state index in [0.717, 1.165) is 35.4 Å². The molecule has 0 amide bonds. The predicted molar refractivity (Wildman–Crippen MR) is 121 cm³/mol. The average Bonchev–Trinajstić information content (AvgIpc) is 3.60. The molecule has 2 N–H and O–H groups in total. The summed E-state index contributed by atoms with van der Waals surface area (Å²) in [4.78, 5) is 8.56. The normalized spacial score (nSPS) is 14.7. The lowest BCUT2D eigenvalue weighted by Gasteiger charge is -2.19. The molecule has 1 aromatic heterocycles. The molecule has 0 unspecified atom stereocenters. The summed E-state index contributed by atoms with van der Waals surface area (Å²) in [5.74, 6) is 1.38. The van der Waals surface area contributed by atoms with Crippen molar-refractivity contribution in [2.24, 2.45) is 4.99 Å². The van der Waals surface area contributed by atoms with E-state index in [2.05, 4.69) is 20.6 Å². The zero-order valence-electron chi connectivity index (χ0n) is 17.6. The zero-order chi connectivity index (χ0) is 21.5. The summed E-state index contributed by atoms with van der Waals surface area (Å²) >= 11 is 0. The lowest BCUT2D eigenvalue weighted by atomic mass is 9.95. The van der Waals surface area contributed by atoms with Crippen molar-refractivity contribution >= 4 is 5.96 Å². The van der Waals surface area contributed by atoms with E-state index in [4.69, 9.17) is 4.74 Å².